The molecule has 0 aromatic rings. The first-order valence-electron chi connectivity index (χ1n) is 0.258. The molecule has 4 heteroatoms. The van der Waals surface area contributed by atoms with E-state index in [1.54, 1.807) is 0 Å². The smallest absolute Gasteiger partial charge is 1.00 e. The molecule has 0 saturated carbocycles. The maximum atomic E-state index is 6.50. The number of nitriles is 1. The van der Waals surface area contributed by atoms with Crippen LogP contribution in [0.3, 0.4) is 0 Å². The molecular weight excluding hydrogens is 459 g/mol. The predicted molar refractivity (Wildman–Crippen MR) is 7.78 cm³/mol. The molecule has 0 spiro atoms. The molecule has 0 bridgehead atoms. The van der Waals surface area contributed by atoms with Gasteiger partial charge >= 0.3 is 51.4 Å². The van der Waals surface area contributed by atoms with Gasteiger partial charge in [-0.25, -0.2) is 5.26 Å². The fourth-order valence-corrected chi connectivity index (χ4v) is 0. The zero-order valence-corrected chi connectivity index (χ0v) is 10.1. The normalized spacial score (nSPS) is 0.400. The number of hydrogen-bond donors (Lipinski definition) is 0. The van der Waals surface area contributed by atoms with Crippen molar-refractivity contribution in [3.8, 4) is 6.57 Å². The minimum Gasteiger partial charge on any atom is -1.00 e. The maximum Gasteiger partial charge on any atom is 1.00 e. The van der Waals surface area contributed by atoms with Crippen LogP contribution in [-0.4, -0.2) is 0 Å². The molecule has 0 aromatic carbocycles. The van der Waals surface area contributed by atoms with Crippen molar-refractivity contribution < 1.29 is 97.6 Å². The molecule has 0 aliphatic heterocycles. The number of hydrogen-bond acceptors (Lipinski definition) is 1. The van der Waals surface area contributed by atoms with Crippen LogP contribution in [0.25, 0.3) is 0 Å². The van der Waals surface area contributed by atoms with Gasteiger partial charge in [-0.05, 0) is 0 Å². The zero-order chi connectivity index (χ0) is 2.00. The molecule has 34 valence electrons. The Balaban J connectivity index is -0.000000000833. The van der Waals surface area contributed by atoms with Crippen molar-refractivity contribution >= 4 is 0 Å². The maximum absolute atomic E-state index is 6.50. The summed E-state index contributed by atoms with van der Waals surface area (Å²) in [6.07, 6.45) is 0. The summed E-state index contributed by atoms with van der Waals surface area (Å²) in [4.78, 5) is 0. The Morgan fingerprint density at radius 2 is 1.20 bits per heavy atom. The molecule has 0 aromatic heterocycles. The van der Waals surface area contributed by atoms with E-state index >= 15 is 0 Å². The van der Waals surface area contributed by atoms with Crippen molar-refractivity contribution in [1.29, 1.82) is 5.26 Å². The van der Waals surface area contributed by atoms with Crippen LogP contribution in [0.1, 0.15) is 1.43 Å². The molecule has 0 N–H and O–H groups in total. The van der Waals surface area contributed by atoms with Gasteiger partial charge < -0.3 is 1.43 Å². The van der Waals surface area contributed by atoms with Crippen molar-refractivity contribution in [3.05, 3.63) is 0 Å². The fourth-order valence-electron chi connectivity index (χ4n) is 0. The predicted octanol–water partition coefficient (Wildman–Crippen LogP) is -2.75. The average molecular weight is 461 g/mol. The molecule has 5 heavy (non-hydrogen) atoms. The van der Waals surface area contributed by atoms with E-state index in [1.807, 2.05) is 0 Å². The summed E-state index contributed by atoms with van der Waals surface area (Å²) in [6, 6.07) is 0. The second kappa shape index (κ2) is 30.6. The molecular formula is CH2Au2KN. The van der Waals surface area contributed by atoms with Gasteiger partial charge in [0.05, 0.1) is 0 Å². The van der Waals surface area contributed by atoms with E-state index in [4.69, 9.17) is 5.26 Å². The van der Waals surface area contributed by atoms with Crippen LogP contribution in [0.5, 0.6) is 0 Å². The summed E-state index contributed by atoms with van der Waals surface area (Å²) in [5.41, 5.74) is 0. The van der Waals surface area contributed by atoms with E-state index in [1.165, 1.54) is 0 Å². The Hall–Kier alpha value is 2.61. The molecule has 0 atom stereocenters. The molecule has 0 saturated heterocycles. The first-order valence-corrected chi connectivity index (χ1v) is 0.258. The quantitative estimate of drug-likeness (QED) is 0.360. The van der Waals surface area contributed by atoms with Gasteiger partial charge in [-0.15, -0.1) is 0 Å². The second-order valence-electron chi connectivity index (χ2n) is 0. The summed E-state index contributed by atoms with van der Waals surface area (Å²) in [6.45, 7) is 3.50. The van der Waals surface area contributed by atoms with Crippen molar-refractivity contribution in [2.75, 3.05) is 0 Å². The Morgan fingerprint density at radius 3 is 1.20 bits per heavy atom. The van der Waals surface area contributed by atoms with Gasteiger partial charge in [0.25, 0.3) is 0 Å². The summed E-state index contributed by atoms with van der Waals surface area (Å²) in [5, 5.41) is 6.50. The largest absolute Gasteiger partial charge is 1.00 e. The van der Waals surface area contributed by atoms with Gasteiger partial charge in [-0.1, -0.05) is 0 Å². The van der Waals surface area contributed by atoms with E-state index in [-0.39, 0.29) is 97.6 Å². The topological polar surface area (TPSA) is 23.8 Å². The molecule has 0 unspecified atom stereocenters. The third kappa shape index (κ3) is 20.6. The summed E-state index contributed by atoms with van der Waals surface area (Å²) < 4.78 is 0. The van der Waals surface area contributed by atoms with Crippen LogP contribution < -0.4 is 51.4 Å². The standard InChI is InChI=1S/CHN.2Au.K.H/c1-2;;;;/h1H;;;;/q;;;+1;-1. The molecule has 0 amide bonds. The SMILES string of the molecule is C#N.[Au].[Au].[H-].[K+]. The third-order valence-electron chi connectivity index (χ3n) is 0. The second-order valence-corrected chi connectivity index (χ2v) is 0. The number of rotatable bonds is 0. The van der Waals surface area contributed by atoms with E-state index < -0.39 is 0 Å². The van der Waals surface area contributed by atoms with Crippen molar-refractivity contribution in [1.82, 2.24) is 0 Å². The molecule has 0 heterocycles. The van der Waals surface area contributed by atoms with Crippen LogP contribution in [0.4, 0.5) is 0 Å². The zero-order valence-electron chi connectivity index (χ0n) is 3.63. The van der Waals surface area contributed by atoms with E-state index in [9.17, 15) is 0 Å². The van der Waals surface area contributed by atoms with Crippen LogP contribution in [0.2, 0.25) is 0 Å². The van der Waals surface area contributed by atoms with E-state index in [0.717, 1.165) is 0 Å². The van der Waals surface area contributed by atoms with Crippen LogP contribution in [0, 0.1) is 11.8 Å². The van der Waals surface area contributed by atoms with Crippen molar-refractivity contribution in [2.24, 2.45) is 0 Å². The van der Waals surface area contributed by atoms with Gasteiger partial charge in [-0.3, -0.25) is 0 Å². The van der Waals surface area contributed by atoms with E-state index in [0.29, 0.717) is 0 Å². The Morgan fingerprint density at radius 1 is 1.20 bits per heavy atom. The Bertz CT molecular complexity index is 18.3. The third-order valence-corrected chi connectivity index (χ3v) is 0. The van der Waals surface area contributed by atoms with Crippen LogP contribution in [-0.2, 0) is 44.8 Å². The monoisotopic (exact) mass is 461 g/mol. The van der Waals surface area contributed by atoms with Crippen LogP contribution >= 0.6 is 0 Å². The van der Waals surface area contributed by atoms with Crippen LogP contribution in [0.15, 0.2) is 0 Å². The minimum absolute atomic E-state index is 0. The van der Waals surface area contributed by atoms with Crippen molar-refractivity contribution in [2.45, 2.75) is 0 Å². The molecule has 0 aliphatic carbocycles. The summed E-state index contributed by atoms with van der Waals surface area (Å²) >= 11 is 0. The summed E-state index contributed by atoms with van der Waals surface area (Å²) in [5.74, 6) is 0. The van der Waals surface area contributed by atoms with Gasteiger partial charge in [0.2, 0.25) is 0 Å². The Kier molecular flexibility index (Phi) is 156. The molecule has 1 nitrogen and oxygen atoms in total. The summed E-state index contributed by atoms with van der Waals surface area (Å²) in [7, 11) is 0. The van der Waals surface area contributed by atoms with Crippen molar-refractivity contribution in [3.63, 3.8) is 0 Å². The minimum atomic E-state index is 0. The molecule has 0 aliphatic rings. The molecule has 0 fully saturated rings. The van der Waals surface area contributed by atoms with Gasteiger partial charge in [0.15, 0.2) is 0 Å². The number of nitrogens with zero attached hydrogens (tertiary/aromatic N) is 1. The van der Waals surface area contributed by atoms with Gasteiger partial charge in [0, 0.05) is 51.3 Å². The first kappa shape index (κ1) is 25.5. The average Bonchev–Trinajstić information content (AvgIpc) is 1.00. The van der Waals surface area contributed by atoms with Gasteiger partial charge in [0.1, 0.15) is 0 Å². The molecule has 2 radical (unpaired) electrons. The first-order chi connectivity index (χ1) is 1.00. The molecule has 0 rings (SSSR count). The fraction of sp³-hybridized carbons (Fsp3) is 0. The van der Waals surface area contributed by atoms with E-state index in [2.05, 4.69) is 6.57 Å². The van der Waals surface area contributed by atoms with Gasteiger partial charge in [-0.2, -0.15) is 0 Å². The Labute approximate surface area is 107 Å².